The van der Waals surface area contributed by atoms with Crippen LogP contribution in [0.2, 0.25) is 0 Å². The van der Waals surface area contributed by atoms with Crippen molar-refractivity contribution in [2.24, 2.45) is 5.41 Å². The van der Waals surface area contributed by atoms with Crippen molar-refractivity contribution in [2.75, 3.05) is 12.0 Å². The van der Waals surface area contributed by atoms with E-state index in [9.17, 15) is 23.9 Å². The van der Waals surface area contributed by atoms with E-state index in [4.69, 9.17) is 4.42 Å². The fraction of sp³-hybridized carbons (Fsp3) is 0.542. The van der Waals surface area contributed by atoms with E-state index >= 15 is 0 Å². The number of anilines is 1. The molecule has 2 aliphatic carbocycles. The van der Waals surface area contributed by atoms with Crippen LogP contribution in [0.3, 0.4) is 0 Å². The van der Waals surface area contributed by atoms with Crippen molar-refractivity contribution in [3.8, 4) is 0 Å². The monoisotopic (exact) mass is 483 g/mol. The SMILES string of the molecule is O=C1CCC(N2Cc3c(F)cc(CNc4nnc(C5CC6(CCC6)C5)o4)cc3C2=O)C(=O)N1CO. The molecule has 35 heavy (non-hydrogen) atoms. The molecule has 0 radical (unpaired) electrons. The van der Waals surface area contributed by atoms with Gasteiger partial charge in [0.1, 0.15) is 18.6 Å². The van der Waals surface area contributed by atoms with Gasteiger partial charge in [0.05, 0.1) is 6.54 Å². The number of aliphatic hydroxyl groups is 1. The van der Waals surface area contributed by atoms with Gasteiger partial charge in [-0.25, -0.2) is 4.39 Å². The Morgan fingerprint density at radius 2 is 2.00 bits per heavy atom. The average Bonchev–Trinajstić information content (AvgIpc) is 3.36. The van der Waals surface area contributed by atoms with Crippen LogP contribution >= 0.6 is 0 Å². The van der Waals surface area contributed by atoms with Gasteiger partial charge >= 0.3 is 6.01 Å². The molecule has 2 saturated carbocycles. The summed E-state index contributed by atoms with van der Waals surface area (Å²) in [5.74, 6) is -1.21. The van der Waals surface area contributed by atoms with E-state index in [1.807, 2.05) is 0 Å². The van der Waals surface area contributed by atoms with Gasteiger partial charge in [0.15, 0.2) is 0 Å². The molecule has 6 rings (SSSR count). The van der Waals surface area contributed by atoms with Crippen LogP contribution in [0.15, 0.2) is 16.5 Å². The molecule has 4 aliphatic rings. The molecule has 2 aromatic rings. The van der Waals surface area contributed by atoms with Crippen LogP contribution < -0.4 is 5.32 Å². The van der Waals surface area contributed by atoms with Crippen molar-refractivity contribution >= 4 is 23.7 Å². The maximum atomic E-state index is 14.9. The molecule has 11 heteroatoms. The van der Waals surface area contributed by atoms with Crippen LogP contribution in [0.1, 0.15) is 78.2 Å². The molecule has 3 fully saturated rings. The van der Waals surface area contributed by atoms with Gasteiger partial charge in [0.2, 0.25) is 11.8 Å². The van der Waals surface area contributed by atoms with Crippen molar-refractivity contribution in [2.45, 2.75) is 70.0 Å². The van der Waals surface area contributed by atoms with Gasteiger partial charge in [0, 0.05) is 30.0 Å². The third kappa shape index (κ3) is 3.60. The third-order valence-corrected chi connectivity index (χ3v) is 8.08. The topological polar surface area (TPSA) is 129 Å². The first-order valence-corrected chi connectivity index (χ1v) is 12.0. The lowest BCUT2D eigenvalue weighted by Gasteiger charge is -2.53. The molecular formula is C24H26FN5O5. The minimum Gasteiger partial charge on any atom is -0.408 e. The molecule has 1 aromatic carbocycles. The van der Waals surface area contributed by atoms with E-state index in [1.54, 1.807) is 6.07 Å². The van der Waals surface area contributed by atoms with E-state index in [0.29, 0.717) is 22.8 Å². The van der Waals surface area contributed by atoms with Crippen LogP contribution in [0.4, 0.5) is 10.4 Å². The van der Waals surface area contributed by atoms with Crippen LogP contribution in [0, 0.1) is 11.2 Å². The minimum atomic E-state index is -0.914. The number of amides is 3. The minimum absolute atomic E-state index is 0.0305. The quantitative estimate of drug-likeness (QED) is 0.599. The average molecular weight is 484 g/mol. The van der Waals surface area contributed by atoms with Crippen molar-refractivity contribution in [3.63, 3.8) is 0 Å². The van der Waals surface area contributed by atoms with Gasteiger partial charge in [-0.05, 0) is 55.2 Å². The van der Waals surface area contributed by atoms with Crippen LogP contribution in [0.5, 0.6) is 0 Å². The molecule has 3 amide bonds. The number of carbonyl (C=O) groups excluding carboxylic acids is 3. The van der Waals surface area contributed by atoms with Gasteiger partial charge in [-0.3, -0.25) is 19.3 Å². The predicted octanol–water partition coefficient (Wildman–Crippen LogP) is 2.29. The predicted molar refractivity (Wildman–Crippen MR) is 118 cm³/mol. The molecule has 2 N–H and O–H groups in total. The Bertz CT molecular complexity index is 1220. The summed E-state index contributed by atoms with van der Waals surface area (Å²) in [7, 11) is 0. The molecule has 184 valence electrons. The Hall–Kier alpha value is -3.34. The molecular weight excluding hydrogens is 457 g/mol. The summed E-state index contributed by atoms with van der Waals surface area (Å²) in [5, 5.41) is 20.6. The first-order chi connectivity index (χ1) is 16.9. The molecule has 3 heterocycles. The number of likely N-dealkylation sites (tertiary alicyclic amines) is 1. The van der Waals surface area contributed by atoms with Crippen LogP contribution in [0.25, 0.3) is 0 Å². The number of fused-ring (bicyclic) bond motifs is 1. The van der Waals surface area contributed by atoms with Gasteiger partial charge < -0.3 is 19.7 Å². The number of hydrogen-bond acceptors (Lipinski definition) is 8. The van der Waals surface area contributed by atoms with E-state index in [0.717, 1.165) is 17.7 Å². The summed E-state index contributed by atoms with van der Waals surface area (Å²) in [6.07, 6.45) is 6.24. The number of rotatable bonds is 6. The third-order valence-electron chi connectivity index (χ3n) is 8.08. The number of piperidine rings is 1. The lowest BCUT2D eigenvalue weighted by atomic mass is 9.52. The first-order valence-electron chi connectivity index (χ1n) is 12.0. The zero-order valence-electron chi connectivity index (χ0n) is 19.1. The van der Waals surface area contributed by atoms with Crippen LogP contribution in [-0.4, -0.2) is 55.6 Å². The van der Waals surface area contributed by atoms with Crippen LogP contribution in [-0.2, 0) is 22.7 Å². The number of nitrogens with one attached hydrogen (secondary N) is 1. The van der Waals surface area contributed by atoms with Crippen molar-refractivity contribution in [1.82, 2.24) is 20.0 Å². The molecule has 1 aromatic heterocycles. The molecule has 1 unspecified atom stereocenters. The highest BCUT2D eigenvalue weighted by molar-refractivity contribution is 6.05. The van der Waals surface area contributed by atoms with E-state index < -0.39 is 36.3 Å². The highest BCUT2D eigenvalue weighted by Crippen LogP contribution is 2.61. The Labute approximate surface area is 200 Å². The maximum Gasteiger partial charge on any atom is 0.315 e. The zero-order valence-corrected chi connectivity index (χ0v) is 19.1. The van der Waals surface area contributed by atoms with Gasteiger partial charge in [-0.15, -0.1) is 5.10 Å². The highest BCUT2D eigenvalue weighted by Gasteiger charge is 2.50. The van der Waals surface area contributed by atoms with Crippen molar-refractivity contribution in [3.05, 3.63) is 40.5 Å². The summed E-state index contributed by atoms with van der Waals surface area (Å²) in [4.78, 5) is 39.5. The second kappa shape index (κ2) is 8.11. The molecule has 0 bridgehead atoms. The fourth-order valence-electron chi connectivity index (χ4n) is 5.95. The normalized spacial score (nSPS) is 23.5. The fourth-order valence-corrected chi connectivity index (χ4v) is 5.95. The summed E-state index contributed by atoms with van der Waals surface area (Å²) >= 11 is 0. The van der Waals surface area contributed by atoms with E-state index in [2.05, 4.69) is 15.5 Å². The standard InChI is InChI=1S/C24H26FN5O5/c25-17-7-13(10-26-23-28-27-20(35-23)14-8-24(9-14)4-1-5-24)6-15-16(17)11-29(21(15)33)18-2-3-19(32)30(12-31)22(18)34/h6-7,14,18,31H,1-5,8-12H2,(H,26,28). The number of halogens is 1. The summed E-state index contributed by atoms with van der Waals surface area (Å²) in [6, 6.07) is 2.28. The Kier molecular flexibility index (Phi) is 5.13. The summed E-state index contributed by atoms with van der Waals surface area (Å²) in [5.41, 5.74) is 1.43. The largest absolute Gasteiger partial charge is 0.408 e. The van der Waals surface area contributed by atoms with Crippen molar-refractivity contribution in [1.29, 1.82) is 0 Å². The second-order valence-corrected chi connectivity index (χ2v) is 10.2. The lowest BCUT2D eigenvalue weighted by Crippen LogP contribution is -2.54. The molecule has 10 nitrogen and oxygen atoms in total. The van der Waals surface area contributed by atoms with Gasteiger partial charge in [0.25, 0.3) is 11.8 Å². The number of hydrogen-bond donors (Lipinski definition) is 2. The molecule has 1 saturated heterocycles. The van der Waals surface area contributed by atoms with Gasteiger partial charge in [-0.2, -0.15) is 0 Å². The van der Waals surface area contributed by atoms with Gasteiger partial charge in [-0.1, -0.05) is 11.5 Å². The zero-order chi connectivity index (χ0) is 24.3. The van der Waals surface area contributed by atoms with E-state index in [1.165, 1.54) is 30.2 Å². The second-order valence-electron chi connectivity index (χ2n) is 10.2. The lowest BCUT2D eigenvalue weighted by molar-refractivity contribution is -0.156. The van der Waals surface area contributed by atoms with E-state index in [-0.39, 0.29) is 43.1 Å². The number of imide groups is 1. The number of aliphatic hydroxyl groups excluding tert-OH is 1. The summed E-state index contributed by atoms with van der Waals surface area (Å²) in [6.45, 7) is -0.622. The maximum absolute atomic E-state index is 14.9. The smallest absolute Gasteiger partial charge is 0.315 e. The molecule has 2 aliphatic heterocycles. The Balaban J connectivity index is 1.12. The number of carbonyl (C=O) groups is 3. The Morgan fingerprint density at radius 1 is 1.20 bits per heavy atom. The summed E-state index contributed by atoms with van der Waals surface area (Å²) < 4.78 is 20.7. The number of benzene rings is 1. The number of nitrogens with zero attached hydrogens (tertiary/aromatic N) is 4. The van der Waals surface area contributed by atoms with Crippen molar-refractivity contribution < 1.29 is 28.3 Å². The number of aromatic nitrogens is 2. The first kappa shape index (κ1) is 22.1. The highest BCUT2D eigenvalue weighted by atomic mass is 19.1. The molecule has 1 spiro atoms. The molecule has 1 atom stereocenters. The Morgan fingerprint density at radius 3 is 2.71 bits per heavy atom.